The highest BCUT2D eigenvalue weighted by Gasteiger charge is 2.41. The van der Waals surface area contributed by atoms with Crippen molar-refractivity contribution in [2.24, 2.45) is 5.41 Å². The SMILES string of the molecule is CCC1(C(=O)N(C)Cc2ccc(Cl)s2)CCNC1. The van der Waals surface area contributed by atoms with Gasteiger partial charge in [0.2, 0.25) is 5.91 Å². The quantitative estimate of drug-likeness (QED) is 0.923. The molecule has 2 heterocycles. The van der Waals surface area contributed by atoms with Crippen molar-refractivity contribution in [1.82, 2.24) is 10.2 Å². The zero-order chi connectivity index (χ0) is 13.2. The summed E-state index contributed by atoms with van der Waals surface area (Å²) in [5, 5.41) is 3.30. The molecule has 1 amide bonds. The van der Waals surface area contributed by atoms with E-state index in [9.17, 15) is 4.79 Å². The molecule has 1 N–H and O–H groups in total. The fourth-order valence-electron chi connectivity index (χ4n) is 2.53. The van der Waals surface area contributed by atoms with Gasteiger partial charge in [-0.2, -0.15) is 0 Å². The van der Waals surface area contributed by atoms with E-state index in [0.29, 0.717) is 6.54 Å². The maximum absolute atomic E-state index is 12.6. The average Bonchev–Trinajstić information content (AvgIpc) is 2.98. The van der Waals surface area contributed by atoms with Crippen LogP contribution in [0.15, 0.2) is 12.1 Å². The van der Waals surface area contributed by atoms with E-state index >= 15 is 0 Å². The maximum atomic E-state index is 12.6. The molecule has 1 unspecified atom stereocenters. The highest BCUT2D eigenvalue weighted by atomic mass is 35.5. The Balaban J connectivity index is 2.04. The first kappa shape index (κ1) is 13.8. The van der Waals surface area contributed by atoms with Crippen LogP contribution in [0, 0.1) is 5.41 Å². The third-order valence-electron chi connectivity index (χ3n) is 3.74. The number of nitrogens with one attached hydrogen (secondary N) is 1. The minimum atomic E-state index is -0.199. The molecule has 18 heavy (non-hydrogen) atoms. The van der Waals surface area contributed by atoms with Crippen LogP contribution in [-0.2, 0) is 11.3 Å². The van der Waals surface area contributed by atoms with E-state index in [-0.39, 0.29) is 11.3 Å². The lowest BCUT2D eigenvalue weighted by Gasteiger charge is -2.30. The topological polar surface area (TPSA) is 32.3 Å². The molecular formula is C13H19ClN2OS. The van der Waals surface area contributed by atoms with Gasteiger partial charge in [0.1, 0.15) is 0 Å². The highest BCUT2D eigenvalue weighted by Crippen LogP contribution is 2.32. The number of rotatable bonds is 4. The minimum absolute atomic E-state index is 0.199. The lowest BCUT2D eigenvalue weighted by molar-refractivity contribution is -0.140. The van der Waals surface area contributed by atoms with Crippen LogP contribution in [0.1, 0.15) is 24.6 Å². The van der Waals surface area contributed by atoms with E-state index in [2.05, 4.69) is 12.2 Å². The van der Waals surface area contributed by atoms with Gasteiger partial charge in [-0.05, 0) is 31.5 Å². The number of hydrogen-bond acceptors (Lipinski definition) is 3. The molecule has 0 aliphatic carbocycles. The Morgan fingerprint density at radius 3 is 2.89 bits per heavy atom. The van der Waals surface area contributed by atoms with Crippen molar-refractivity contribution in [3.05, 3.63) is 21.3 Å². The Hall–Kier alpha value is -0.580. The minimum Gasteiger partial charge on any atom is -0.340 e. The third kappa shape index (κ3) is 2.71. The summed E-state index contributed by atoms with van der Waals surface area (Å²) < 4.78 is 0.776. The smallest absolute Gasteiger partial charge is 0.230 e. The molecule has 0 radical (unpaired) electrons. The number of carbonyl (C=O) groups is 1. The summed E-state index contributed by atoms with van der Waals surface area (Å²) in [5.41, 5.74) is -0.199. The number of nitrogens with zero attached hydrogens (tertiary/aromatic N) is 1. The maximum Gasteiger partial charge on any atom is 0.230 e. The van der Waals surface area contributed by atoms with Gasteiger partial charge in [0.15, 0.2) is 0 Å². The Kier molecular flexibility index (Phi) is 4.30. The molecule has 1 aliphatic heterocycles. The van der Waals surface area contributed by atoms with Gasteiger partial charge >= 0.3 is 0 Å². The van der Waals surface area contributed by atoms with Gasteiger partial charge in [0.05, 0.1) is 16.3 Å². The van der Waals surface area contributed by atoms with Crippen molar-refractivity contribution >= 4 is 28.8 Å². The largest absolute Gasteiger partial charge is 0.340 e. The lowest BCUT2D eigenvalue weighted by Crippen LogP contribution is -2.42. The van der Waals surface area contributed by atoms with Crippen LogP contribution >= 0.6 is 22.9 Å². The van der Waals surface area contributed by atoms with Gasteiger partial charge in [-0.15, -0.1) is 11.3 Å². The fourth-order valence-corrected chi connectivity index (χ4v) is 3.67. The zero-order valence-electron chi connectivity index (χ0n) is 10.8. The summed E-state index contributed by atoms with van der Waals surface area (Å²) in [7, 11) is 1.88. The summed E-state index contributed by atoms with van der Waals surface area (Å²) in [6.45, 7) is 4.49. The second kappa shape index (κ2) is 5.59. The fraction of sp³-hybridized carbons (Fsp3) is 0.615. The molecule has 0 saturated carbocycles. The second-order valence-corrected chi connectivity index (χ2v) is 6.73. The van der Waals surface area contributed by atoms with Gasteiger partial charge in [-0.3, -0.25) is 4.79 Å². The molecule has 0 bridgehead atoms. The first-order valence-electron chi connectivity index (χ1n) is 6.28. The van der Waals surface area contributed by atoms with Gasteiger partial charge in [-0.25, -0.2) is 0 Å². The lowest BCUT2D eigenvalue weighted by atomic mass is 9.83. The van der Waals surface area contributed by atoms with E-state index in [1.807, 2.05) is 24.1 Å². The molecule has 1 fully saturated rings. The molecule has 1 saturated heterocycles. The second-order valence-electron chi connectivity index (χ2n) is 4.93. The average molecular weight is 287 g/mol. The van der Waals surface area contributed by atoms with Crippen molar-refractivity contribution in [1.29, 1.82) is 0 Å². The number of carbonyl (C=O) groups excluding carboxylic acids is 1. The predicted molar refractivity (Wildman–Crippen MR) is 76.0 cm³/mol. The van der Waals surface area contributed by atoms with Crippen LogP contribution < -0.4 is 5.32 Å². The van der Waals surface area contributed by atoms with Gasteiger partial charge in [-0.1, -0.05) is 18.5 Å². The predicted octanol–water partition coefficient (Wildman–Crippen LogP) is 2.75. The molecule has 3 nitrogen and oxygen atoms in total. The summed E-state index contributed by atoms with van der Waals surface area (Å²) in [6.07, 6.45) is 1.84. The first-order chi connectivity index (χ1) is 8.57. The summed E-state index contributed by atoms with van der Waals surface area (Å²) >= 11 is 7.45. The molecule has 0 aromatic carbocycles. The van der Waals surface area contributed by atoms with Crippen LogP contribution in [0.4, 0.5) is 0 Å². The molecule has 1 aromatic rings. The molecule has 100 valence electrons. The van der Waals surface area contributed by atoms with Crippen molar-refractivity contribution in [3.8, 4) is 0 Å². The van der Waals surface area contributed by atoms with Crippen molar-refractivity contribution in [3.63, 3.8) is 0 Å². The summed E-state index contributed by atoms with van der Waals surface area (Å²) in [4.78, 5) is 15.5. The molecular weight excluding hydrogens is 268 g/mol. The van der Waals surface area contributed by atoms with Crippen molar-refractivity contribution in [2.75, 3.05) is 20.1 Å². The van der Waals surface area contributed by atoms with Crippen LogP contribution in [0.5, 0.6) is 0 Å². The molecule has 1 aliphatic rings. The molecule has 2 rings (SSSR count). The summed E-state index contributed by atoms with van der Waals surface area (Å²) in [5.74, 6) is 0.250. The van der Waals surface area contributed by atoms with E-state index in [4.69, 9.17) is 11.6 Å². The van der Waals surface area contributed by atoms with Crippen molar-refractivity contribution < 1.29 is 4.79 Å². The van der Waals surface area contributed by atoms with E-state index in [0.717, 1.165) is 35.1 Å². The molecule has 1 atom stereocenters. The van der Waals surface area contributed by atoms with E-state index < -0.39 is 0 Å². The highest BCUT2D eigenvalue weighted by molar-refractivity contribution is 7.16. The molecule has 5 heteroatoms. The van der Waals surface area contributed by atoms with Gasteiger partial charge in [0, 0.05) is 18.5 Å². The Bertz CT molecular complexity index is 426. The van der Waals surface area contributed by atoms with Crippen LogP contribution in [0.25, 0.3) is 0 Å². The summed E-state index contributed by atoms with van der Waals surface area (Å²) in [6, 6.07) is 3.87. The Morgan fingerprint density at radius 2 is 2.39 bits per heavy atom. The van der Waals surface area contributed by atoms with E-state index in [1.165, 1.54) is 11.3 Å². The van der Waals surface area contributed by atoms with Crippen LogP contribution in [0.2, 0.25) is 4.34 Å². The number of thiophene rings is 1. The van der Waals surface area contributed by atoms with Crippen LogP contribution in [-0.4, -0.2) is 30.9 Å². The van der Waals surface area contributed by atoms with Crippen molar-refractivity contribution in [2.45, 2.75) is 26.3 Å². The monoisotopic (exact) mass is 286 g/mol. The van der Waals surface area contributed by atoms with Gasteiger partial charge in [0.25, 0.3) is 0 Å². The molecule has 1 aromatic heterocycles. The Labute approximate surface area is 117 Å². The zero-order valence-corrected chi connectivity index (χ0v) is 12.4. The standard InChI is InChI=1S/C13H19ClN2OS/c1-3-13(6-7-15-9-13)12(17)16(2)8-10-4-5-11(14)18-10/h4-5,15H,3,6-9H2,1-2H3. The van der Waals surface area contributed by atoms with Gasteiger partial charge < -0.3 is 10.2 Å². The number of halogens is 1. The van der Waals surface area contributed by atoms with Crippen LogP contribution in [0.3, 0.4) is 0 Å². The Morgan fingerprint density at radius 1 is 1.61 bits per heavy atom. The molecule has 0 spiro atoms. The number of hydrogen-bond donors (Lipinski definition) is 1. The number of amides is 1. The normalized spacial score (nSPS) is 23.3. The third-order valence-corrected chi connectivity index (χ3v) is 4.96. The first-order valence-corrected chi connectivity index (χ1v) is 7.47. The van der Waals surface area contributed by atoms with E-state index in [1.54, 1.807) is 0 Å².